The van der Waals surface area contributed by atoms with Crippen molar-refractivity contribution in [2.24, 2.45) is 0 Å². The Morgan fingerprint density at radius 1 is 1.22 bits per heavy atom. The van der Waals surface area contributed by atoms with Crippen LogP contribution < -0.4 is 0 Å². The largest absolute Gasteiger partial charge is 0.340 e. The number of hydrogen-bond acceptors (Lipinski definition) is 5. The molecule has 0 saturated carbocycles. The third kappa shape index (κ3) is 4.86. The Hall–Kier alpha value is -1.96. The first-order chi connectivity index (χ1) is 12.7. The molecule has 1 aromatic rings. The van der Waals surface area contributed by atoms with Gasteiger partial charge >= 0.3 is 0 Å². The van der Waals surface area contributed by atoms with E-state index in [0.717, 1.165) is 17.0 Å². The summed E-state index contributed by atoms with van der Waals surface area (Å²) in [7, 11) is -0.409. The average Bonchev–Trinajstić information content (AvgIpc) is 2.91. The molecular weight excluding hydrogens is 368 g/mol. The number of carbonyl (C=O) groups excluding carboxylic acids is 1. The third-order valence-electron chi connectivity index (χ3n) is 4.93. The Labute approximate surface area is 161 Å². The zero-order valence-electron chi connectivity index (χ0n) is 16.5. The van der Waals surface area contributed by atoms with Crippen molar-refractivity contribution in [3.63, 3.8) is 0 Å². The molecule has 0 aromatic carbocycles. The van der Waals surface area contributed by atoms with Crippen molar-refractivity contribution < 1.29 is 13.2 Å². The van der Waals surface area contributed by atoms with Crippen molar-refractivity contribution in [2.45, 2.75) is 39.7 Å². The molecule has 9 nitrogen and oxygen atoms in total. The van der Waals surface area contributed by atoms with Crippen LogP contribution in [0.3, 0.4) is 0 Å². The molecule has 0 atom stereocenters. The highest BCUT2D eigenvalue weighted by molar-refractivity contribution is 7.86. The van der Waals surface area contributed by atoms with E-state index in [9.17, 15) is 13.2 Å². The van der Waals surface area contributed by atoms with Crippen molar-refractivity contribution >= 4 is 16.1 Å². The van der Waals surface area contributed by atoms with Gasteiger partial charge in [0.2, 0.25) is 5.91 Å². The van der Waals surface area contributed by atoms with E-state index in [0.29, 0.717) is 52.0 Å². The van der Waals surface area contributed by atoms with Gasteiger partial charge in [0.15, 0.2) is 0 Å². The number of hydrogen-bond donors (Lipinski definition) is 0. The van der Waals surface area contributed by atoms with Crippen LogP contribution in [-0.2, 0) is 28.0 Å². The number of nitrogens with zero attached hydrogens (tertiary/aromatic N) is 6. The minimum Gasteiger partial charge on any atom is -0.340 e. The van der Waals surface area contributed by atoms with Gasteiger partial charge in [-0.3, -0.25) is 9.48 Å². The Bertz CT molecular complexity index is 816. The number of amides is 1. The molecule has 0 radical (unpaired) electrons. The van der Waals surface area contributed by atoms with Gasteiger partial charge in [0.05, 0.1) is 24.7 Å². The van der Waals surface area contributed by atoms with E-state index in [1.54, 1.807) is 4.90 Å². The lowest BCUT2D eigenvalue weighted by Crippen LogP contribution is -2.53. The summed E-state index contributed by atoms with van der Waals surface area (Å²) in [6.45, 7) is 5.88. The SMILES string of the molecule is Cc1nn(CCC#N)c(C)c1CCC(=O)N1CCN(S(=O)(=O)N(C)C)CC1. The van der Waals surface area contributed by atoms with E-state index in [1.807, 2.05) is 18.5 Å². The molecule has 1 aromatic heterocycles. The number of rotatable bonds is 7. The van der Waals surface area contributed by atoms with Gasteiger partial charge in [0, 0.05) is 52.4 Å². The van der Waals surface area contributed by atoms with E-state index in [1.165, 1.54) is 22.7 Å². The topological polar surface area (TPSA) is 103 Å². The molecule has 0 spiro atoms. The van der Waals surface area contributed by atoms with Crippen molar-refractivity contribution in [1.82, 2.24) is 23.3 Å². The van der Waals surface area contributed by atoms with Gasteiger partial charge in [0.25, 0.3) is 10.2 Å². The van der Waals surface area contributed by atoms with Gasteiger partial charge in [-0.15, -0.1) is 0 Å². The summed E-state index contributed by atoms with van der Waals surface area (Å²) < 4.78 is 28.7. The predicted molar refractivity (Wildman–Crippen MR) is 101 cm³/mol. The second kappa shape index (κ2) is 8.82. The molecule has 1 saturated heterocycles. The molecule has 0 aliphatic carbocycles. The first kappa shape index (κ1) is 21.3. The highest BCUT2D eigenvalue weighted by Crippen LogP contribution is 2.17. The van der Waals surface area contributed by atoms with E-state index in [4.69, 9.17) is 5.26 Å². The van der Waals surface area contributed by atoms with Crippen LogP contribution in [0.15, 0.2) is 0 Å². The summed E-state index contributed by atoms with van der Waals surface area (Å²) in [4.78, 5) is 14.3. The van der Waals surface area contributed by atoms with Crippen LogP contribution in [0.5, 0.6) is 0 Å². The van der Waals surface area contributed by atoms with Crippen LogP contribution in [0.25, 0.3) is 0 Å². The second-order valence-electron chi connectivity index (χ2n) is 6.85. The Balaban J connectivity index is 1.91. The molecule has 2 heterocycles. The molecule has 150 valence electrons. The number of nitriles is 1. The summed E-state index contributed by atoms with van der Waals surface area (Å²) in [6.07, 6.45) is 1.37. The maximum atomic E-state index is 12.5. The molecule has 0 N–H and O–H groups in total. The minimum atomic E-state index is -3.43. The van der Waals surface area contributed by atoms with Crippen molar-refractivity contribution in [2.75, 3.05) is 40.3 Å². The van der Waals surface area contributed by atoms with Gasteiger partial charge in [-0.1, -0.05) is 0 Å². The summed E-state index contributed by atoms with van der Waals surface area (Å²) in [5, 5.41) is 13.2. The molecular formula is C17H28N6O3S. The third-order valence-corrected chi connectivity index (χ3v) is 6.88. The van der Waals surface area contributed by atoms with Crippen LogP contribution in [0.2, 0.25) is 0 Å². The fourth-order valence-corrected chi connectivity index (χ4v) is 4.35. The molecule has 0 unspecified atom stereocenters. The average molecular weight is 397 g/mol. The number of carbonyl (C=O) groups is 1. The standard InChI is InChI=1S/C17H28N6O3S/c1-14-16(15(2)23(19-14)9-5-8-18)6-7-17(24)21-10-12-22(13-11-21)27(25,26)20(3)4/h5-7,9-13H2,1-4H3. The van der Waals surface area contributed by atoms with Crippen molar-refractivity contribution in [1.29, 1.82) is 5.26 Å². The first-order valence-corrected chi connectivity index (χ1v) is 10.4. The molecule has 2 rings (SSSR count). The second-order valence-corrected chi connectivity index (χ2v) is 8.99. The number of piperazine rings is 1. The smallest absolute Gasteiger partial charge is 0.281 e. The highest BCUT2D eigenvalue weighted by atomic mass is 32.2. The maximum absolute atomic E-state index is 12.5. The predicted octanol–water partition coefficient (Wildman–Crippen LogP) is 0.297. The van der Waals surface area contributed by atoms with Gasteiger partial charge in [-0.05, 0) is 25.8 Å². The number of aryl methyl sites for hydroxylation is 2. The fourth-order valence-electron chi connectivity index (χ4n) is 3.26. The summed E-state index contributed by atoms with van der Waals surface area (Å²) in [5.74, 6) is 0.0282. The molecule has 10 heteroatoms. The Morgan fingerprint density at radius 2 is 1.85 bits per heavy atom. The van der Waals surface area contributed by atoms with Crippen LogP contribution in [0, 0.1) is 25.2 Å². The van der Waals surface area contributed by atoms with E-state index < -0.39 is 10.2 Å². The van der Waals surface area contributed by atoms with E-state index >= 15 is 0 Å². The van der Waals surface area contributed by atoms with Crippen molar-refractivity contribution in [3.8, 4) is 6.07 Å². The highest BCUT2D eigenvalue weighted by Gasteiger charge is 2.30. The Morgan fingerprint density at radius 3 is 2.41 bits per heavy atom. The summed E-state index contributed by atoms with van der Waals surface area (Å²) in [5.41, 5.74) is 2.94. The normalized spacial score (nSPS) is 15.9. The molecule has 1 aliphatic rings. The van der Waals surface area contributed by atoms with E-state index in [-0.39, 0.29) is 5.91 Å². The van der Waals surface area contributed by atoms with Crippen molar-refractivity contribution in [3.05, 3.63) is 17.0 Å². The van der Waals surface area contributed by atoms with Crippen LogP contribution in [0.4, 0.5) is 0 Å². The molecule has 1 amide bonds. The van der Waals surface area contributed by atoms with Gasteiger partial charge < -0.3 is 4.90 Å². The summed E-state index contributed by atoms with van der Waals surface area (Å²) in [6, 6.07) is 2.11. The van der Waals surface area contributed by atoms with Gasteiger partial charge in [-0.2, -0.15) is 27.4 Å². The monoisotopic (exact) mass is 396 g/mol. The van der Waals surface area contributed by atoms with Gasteiger partial charge in [0.1, 0.15) is 0 Å². The molecule has 0 bridgehead atoms. The first-order valence-electron chi connectivity index (χ1n) is 9.03. The quantitative estimate of drug-likeness (QED) is 0.659. The zero-order chi connectivity index (χ0) is 20.2. The lowest BCUT2D eigenvalue weighted by atomic mass is 10.1. The lowest BCUT2D eigenvalue weighted by molar-refractivity contribution is -0.132. The van der Waals surface area contributed by atoms with Crippen LogP contribution in [0.1, 0.15) is 29.8 Å². The molecule has 1 aliphatic heterocycles. The number of aromatic nitrogens is 2. The molecule has 1 fully saturated rings. The lowest BCUT2D eigenvalue weighted by Gasteiger charge is -2.35. The fraction of sp³-hybridized carbons (Fsp3) is 0.706. The van der Waals surface area contributed by atoms with Crippen LogP contribution >= 0.6 is 0 Å². The minimum absolute atomic E-state index is 0.0282. The molecule has 27 heavy (non-hydrogen) atoms. The zero-order valence-corrected chi connectivity index (χ0v) is 17.3. The Kier molecular flexibility index (Phi) is 6.97. The van der Waals surface area contributed by atoms with E-state index in [2.05, 4.69) is 11.2 Å². The summed E-state index contributed by atoms with van der Waals surface area (Å²) >= 11 is 0. The van der Waals surface area contributed by atoms with Gasteiger partial charge in [-0.25, -0.2) is 0 Å². The van der Waals surface area contributed by atoms with Crippen LogP contribution in [-0.4, -0.2) is 77.9 Å². The maximum Gasteiger partial charge on any atom is 0.281 e.